The van der Waals surface area contributed by atoms with Crippen LogP contribution in [0.1, 0.15) is 22.7 Å². The van der Waals surface area contributed by atoms with Gasteiger partial charge in [-0.1, -0.05) is 6.07 Å². The van der Waals surface area contributed by atoms with Gasteiger partial charge in [0, 0.05) is 12.7 Å². The number of nitrogens with two attached hydrogens (primary N) is 1. The highest BCUT2D eigenvalue weighted by molar-refractivity contribution is 5.34. The number of halogens is 1. The fourth-order valence-corrected chi connectivity index (χ4v) is 1.75. The van der Waals surface area contributed by atoms with Crippen LogP contribution in [0.2, 0.25) is 0 Å². The van der Waals surface area contributed by atoms with Crippen molar-refractivity contribution in [1.29, 1.82) is 0 Å². The number of methoxy groups -OCH3 is 1. The summed E-state index contributed by atoms with van der Waals surface area (Å²) in [5.74, 6) is 5.13. The molecule has 1 aromatic carbocycles. The maximum absolute atomic E-state index is 13.7. The molecule has 0 aliphatic carbocycles. The van der Waals surface area contributed by atoms with Gasteiger partial charge >= 0.3 is 0 Å². The van der Waals surface area contributed by atoms with Gasteiger partial charge in [-0.15, -0.1) is 0 Å². The van der Waals surface area contributed by atoms with Crippen molar-refractivity contribution in [1.82, 2.24) is 5.43 Å². The first-order valence-electron chi connectivity index (χ1n) is 4.81. The lowest BCUT2D eigenvalue weighted by Crippen LogP contribution is -2.32. The molecule has 15 heavy (non-hydrogen) atoms. The third kappa shape index (κ3) is 2.75. The zero-order valence-electron chi connectivity index (χ0n) is 9.30. The predicted molar refractivity (Wildman–Crippen MR) is 57.8 cm³/mol. The molecule has 3 nitrogen and oxygen atoms in total. The molecule has 0 saturated heterocycles. The van der Waals surface area contributed by atoms with Gasteiger partial charge in [-0.25, -0.2) is 4.39 Å². The largest absolute Gasteiger partial charge is 0.383 e. The summed E-state index contributed by atoms with van der Waals surface area (Å²) in [6.45, 7) is 4.07. The number of nitrogens with one attached hydrogen (secondary N) is 1. The highest BCUT2D eigenvalue weighted by atomic mass is 19.1. The molecule has 3 N–H and O–H groups in total. The Morgan fingerprint density at radius 3 is 2.60 bits per heavy atom. The molecule has 1 rings (SSSR count). The molecule has 0 fully saturated rings. The van der Waals surface area contributed by atoms with Gasteiger partial charge in [-0.05, 0) is 31.0 Å². The Morgan fingerprint density at radius 2 is 2.13 bits per heavy atom. The monoisotopic (exact) mass is 212 g/mol. The maximum Gasteiger partial charge on any atom is 0.128 e. The van der Waals surface area contributed by atoms with Crippen molar-refractivity contribution < 1.29 is 9.13 Å². The van der Waals surface area contributed by atoms with Crippen LogP contribution in [0.4, 0.5) is 4.39 Å². The van der Waals surface area contributed by atoms with Crippen molar-refractivity contribution in [3.05, 3.63) is 34.6 Å². The fourth-order valence-electron chi connectivity index (χ4n) is 1.75. The van der Waals surface area contributed by atoms with Crippen molar-refractivity contribution in [2.45, 2.75) is 19.9 Å². The minimum atomic E-state index is -0.310. The summed E-state index contributed by atoms with van der Waals surface area (Å²) in [4.78, 5) is 0. The smallest absolute Gasteiger partial charge is 0.128 e. The van der Waals surface area contributed by atoms with E-state index in [1.54, 1.807) is 7.11 Å². The Morgan fingerprint density at radius 1 is 1.47 bits per heavy atom. The van der Waals surface area contributed by atoms with Crippen LogP contribution >= 0.6 is 0 Å². The van der Waals surface area contributed by atoms with E-state index in [1.165, 1.54) is 6.07 Å². The van der Waals surface area contributed by atoms with Gasteiger partial charge in [-0.2, -0.15) is 0 Å². The van der Waals surface area contributed by atoms with Crippen LogP contribution in [0.25, 0.3) is 0 Å². The van der Waals surface area contributed by atoms with E-state index in [4.69, 9.17) is 10.6 Å². The second-order valence-electron chi connectivity index (χ2n) is 3.65. The molecule has 1 aromatic rings. The number of hydrazine groups is 1. The predicted octanol–water partition coefficient (Wildman–Crippen LogP) is 1.59. The zero-order valence-corrected chi connectivity index (χ0v) is 9.30. The molecular formula is C11H17FN2O. The Balaban J connectivity index is 3.11. The molecule has 0 heterocycles. The summed E-state index contributed by atoms with van der Waals surface area (Å²) in [6, 6.07) is 3.12. The number of hydrogen-bond acceptors (Lipinski definition) is 3. The first-order chi connectivity index (χ1) is 7.10. The topological polar surface area (TPSA) is 47.3 Å². The van der Waals surface area contributed by atoms with Gasteiger partial charge in [0.25, 0.3) is 0 Å². The average Bonchev–Trinajstić information content (AvgIpc) is 2.14. The standard InChI is InChI=1S/C11H17FN2O/c1-7-4-8(2)11(9(12)5-7)10(14-13)6-15-3/h4-5,10,14H,6,13H2,1-3H3. The third-order valence-electron chi connectivity index (χ3n) is 2.36. The summed E-state index contributed by atoms with van der Waals surface area (Å²) >= 11 is 0. The maximum atomic E-state index is 13.7. The fraction of sp³-hybridized carbons (Fsp3) is 0.455. The van der Waals surface area contributed by atoms with Crippen LogP contribution in [-0.4, -0.2) is 13.7 Å². The van der Waals surface area contributed by atoms with Gasteiger partial charge < -0.3 is 4.74 Å². The first-order valence-corrected chi connectivity index (χ1v) is 4.81. The van der Waals surface area contributed by atoms with E-state index >= 15 is 0 Å². The SMILES string of the molecule is COCC(NN)c1c(C)cc(C)cc1F. The Labute approximate surface area is 89.4 Å². The minimum Gasteiger partial charge on any atom is -0.383 e. The molecule has 0 aliphatic rings. The van der Waals surface area contributed by atoms with Crippen LogP contribution < -0.4 is 11.3 Å². The van der Waals surface area contributed by atoms with Crippen LogP contribution in [0.15, 0.2) is 12.1 Å². The van der Waals surface area contributed by atoms with Gasteiger partial charge in [0.15, 0.2) is 0 Å². The number of rotatable bonds is 4. The van der Waals surface area contributed by atoms with Gasteiger partial charge in [0.1, 0.15) is 5.82 Å². The summed E-state index contributed by atoms with van der Waals surface area (Å²) in [6.07, 6.45) is 0. The summed E-state index contributed by atoms with van der Waals surface area (Å²) in [5.41, 5.74) is 4.92. The normalized spacial score (nSPS) is 12.9. The van der Waals surface area contributed by atoms with Crippen molar-refractivity contribution in [3.8, 4) is 0 Å². The van der Waals surface area contributed by atoms with Crippen molar-refractivity contribution >= 4 is 0 Å². The summed E-state index contributed by atoms with van der Waals surface area (Å²) in [7, 11) is 1.56. The molecule has 4 heteroatoms. The van der Waals surface area contributed by atoms with Gasteiger partial charge in [0.2, 0.25) is 0 Å². The lowest BCUT2D eigenvalue weighted by atomic mass is 9.99. The molecule has 0 amide bonds. The molecule has 84 valence electrons. The Kier molecular flexibility index (Phi) is 4.20. The van der Waals surface area contributed by atoms with Crippen LogP contribution in [0.3, 0.4) is 0 Å². The quantitative estimate of drug-likeness (QED) is 0.588. The molecular weight excluding hydrogens is 195 g/mol. The van der Waals surface area contributed by atoms with E-state index in [2.05, 4.69) is 5.43 Å². The summed E-state index contributed by atoms with van der Waals surface area (Å²) < 4.78 is 18.7. The van der Waals surface area contributed by atoms with Gasteiger partial charge in [-0.3, -0.25) is 11.3 Å². The second kappa shape index (κ2) is 5.21. The molecule has 0 bridgehead atoms. The van der Waals surface area contributed by atoms with E-state index in [9.17, 15) is 4.39 Å². The van der Waals surface area contributed by atoms with Crippen molar-refractivity contribution in [3.63, 3.8) is 0 Å². The van der Waals surface area contributed by atoms with E-state index in [1.807, 2.05) is 19.9 Å². The second-order valence-corrected chi connectivity index (χ2v) is 3.65. The molecule has 0 aliphatic heterocycles. The zero-order chi connectivity index (χ0) is 11.4. The van der Waals surface area contributed by atoms with E-state index in [-0.39, 0.29) is 11.9 Å². The Hall–Kier alpha value is -0.970. The molecule has 0 spiro atoms. The molecule has 0 aromatic heterocycles. The van der Waals surface area contributed by atoms with E-state index < -0.39 is 0 Å². The van der Waals surface area contributed by atoms with Crippen LogP contribution in [0, 0.1) is 19.7 Å². The molecule has 1 atom stereocenters. The van der Waals surface area contributed by atoms with E-state index in [0.717, 1.165) is 11.1 Å². The van der Waals surface area contributed by atoms with Crippen molar-refractivity contribution in [2.75, 3.05) is 13.7 Å². The number of aryl methyl sites for hydroxylation is 2. The van der Waals surface area contributed by atoms with E-state index in [0.29, 0.717) is 12.2 Å². The van der Waals surface area contributed by atoms with Crippen LogP contribution in [-0.2, 0) is 4.74 Å². The number of ether oxygens (including phenoxy) is 1. The number of benzene rings is 1. The summed E-state index contributed by atoms with van der Waals surface area (Å²) in [5, 5.41) is 0. The van der Waals surface area contributed by atoms with Gasteiger partial charge in [0.05, 0.1) is 12.6 Å². The molecule has 0 saturated carbocycles. The molecule has 0 radical (unpaired) electrons. The molecule has 1 unspecified atom stereocenters. The van der Waals surface area contributed by atoms with Crippen molar-refractivity contribution in [2.24, 2.45) is 5.84 Å². The average molecular weight is 212 g/mol. The lowest BCUT2D eigenvalue weighted by Gasteiger charge is -2.18. The van der Waals surface area contributed by atoms with Crippen LogP contribution in [0.5, 0.6) is 0 Å². The Bertz CT molecular complexity index is 318. The minimum absolute atomic E-state index is 0.243. The first kappa shape index (κ1) is 12.1. The lowest BCUT2D eigenvalue weighted by molar-refractivity contribution is 0.165. The number of hydrogen-bond donors (Lipinski definition) is 2. The highest BCUT2D eigenvalue weighted by Gasteiger charge is 2.17. The highest BCUT2D eigenvalue weighted by Crippen LogP contribution is 2.22. The third-order valence-corrected chi connectivity index (χ3v) is 2.36.